The minimum atomic E-state index is -0.491. The molecule has 4 rings (SSSR count). The van der Waals surface area contributed by atoms with Crippen LogP contribution in [-0.2, 0) is 4.74 Å². The van der Waals surface area contributed by atoms with Gasteiger partial charge in [0.1, 0.15) is 0 Å². The molecule has 4 aromatic rings. The van der Waals surface area contributed by atoms with Gasteiger partial charge in [0.15, 0.2) is 5.69 Å². The molecular formula is C22H19N5O2S. The summed E-state index contributed by atoms with van der Waals surface area (Å²) in [6.45, 7) is 2.03. The summed E-state index contributed by atoms with van der Waals surface area (Å²) in [4.78, 5) is 16.8. The normalized spacial score (nSPS) is 11.0. The molecule has 0 saturated carbocycles. The topological polar surface area (TPSA) is 81.4 Å². The van der Waals surface area contributed by atoms with Crippen molar-refractivity contribution in [3.63, 3.8) is 0 Å². The number of carbonyl (C=O) groups excluding carboxylic acids is 1. The first kappa shape index (κ1) is 19.5. The van der Waals surface area contributed by atoms with Crippen LogP contribution in [-0.4, -0.2) is 33.6 Å². The van der Waals surface area contributed by atoms with Crippen molar-refractivity contribution in [2.45, 2.75) is 6.92 Å². The minimum Gasteiger partial charge on any atom is -0.461 e. The number of anilines is 1. The fourth-order valence-corrected chi connectivity index (χ4v) is 3.44. The van der Waals surface area contributed by atoms with Crippen molar-refractivity contribution in [2.24, 2.45) is 5.10 Å². The lowest BCUT2D eigenvalue weighted by molar-refractivity contribution is 0.0519. The molecule has 8 heteroatoms. The maximum Gasteiger partial charge on any atom is 0.359 e. The molecule has 0 unspecified atom stereocenters. The van der Waals surface area contributed by atoms with Gasteiger partial charge >= 0.3 is 5.97 Å². The highest BCUT2D eigenvalue weighted by atomic mass is 32.1. The molecular weight excluding hydrogens is 398 g/mol. The van der Waals surface area contributed by atoms with Gasteiger partial charge in [0.25, 0.3) is 0 Å². The molecule has 0 atom stereocenters. The molecule has 0 bridgehead atoms. The van der Waals surface area contributed by atoms with Crippen LogP contribution in [0.3, 0.4) is 0 Å². The minimum absolute atomic E-state index is 0.204. The number of ether oxygens (including phenoxy) is 1. The van der Waals surface area contributed by atoms with Crippen molar-refractivity contribution < 1.29 is 9.53 Å². The molecule has 150 valence electrons. The fraction of sp³-hybridized carbons (Fsp3) is 0.0909. The predicted molar refractivity (Wildman–Crippen MR) is 118 cm³/mol. The summed E-state index contributed by atoms with van der Waals surface area (Å²) in [6.07, 6.45) is 3.28. The van der Waals surface area contributed by atoms with Crippen LogP contribution in [0.1, 0.15) is 23.0 Å². The van der Waals surface area contributed by atoms with Gasteiger partial charge in [0, 0.05) is 22.7 Å². The summed E-state index contributed by atoms with van der Waals surface area (Å²) in [6, 6.07) is 19.5. The summed E-state index contributed by atoms with van der Waals surface area (Å²) in [5, 5.41) is 11.2. The molecule has 0 fully saturated rings. The number of benzene rings is 2. The van der Waals surface area contributed by atoms with Crippen LogP contribution in [0.4, 0.5) is 5.13 Å². The first-order valence-electron chi connectivity index (χ1n) is 9.37. The third-order valence-electron chi connectivity index (χ3n) is 4.17. The van der Waals surface area contributed by atoms with E-state index in [9.17, 15) is 4.79 Å². The van der Waals surface area contributed by atoms with E-state index in [1.807, 2.05) is 66.0 Å². The van der Waals surface area contributed by atoms with E-state index in [0.717, 1.165) is 16.9 Å². The number of hydrogen-bond acceptors (Lipinski definition) is 7. The Morgan fingerprint density at radius 3 is 2.63 bits per heavy atom. The van der Waals surface area contributed by atoms with Gasteiger partial charge in [-0.15, -0.1) is 11.3 Å². The number of hydrazone groups is 1. The maximum atomic E-state index is 12.3. The Labute approximate surface area is 177 Å². The van der Waals surface area contributed by atoms with Gasteiger partial charge < -0.3 is 4.74 Å². The Morgan fingerprint density at radius 1 is 1.17 bits per heavy atom. The van der Waals surface area contributed by atoms with E-state index in [1.165, 1.54) is 11.3 Å². The van der Waals surface area contributed by atoms with Gasteiger partial charge in [-0.1, -0.05) is 48.5 Å². The van der Waals surface area contributed by atoms with E-state index in [0.29, 0.717) is 10.7 Å². The molecule has 0 aliphatic carbocycles. The molecule has 2 aromatic heterocycles. The Hall–Kier alpha value is -3.78. The van der Waals surface area contributed by atoms with Crippen molar-refractivity contribution in [1.82, 2.24) is 14.8 Å². The van der Waals surface area contributed by atoms with Crippen LogP contribution in [0.15, 0.2) is 77.3 Å². The smallest absolute Gasteiger partial charge is 0.359 e. The maximum absolute atomic E-state index is 12.3. The monoisotopic (exact) mass is 417 g/mol. The molecule has 0 radical (unpaired) electrons. The first-order chi connectivity index (χ1) is 14.7. The lowest BCUT2D eigenvalue weighted by Gasteiger charge is -2.00. The van der Waals surface area contributed by atoms with Crippen molar-refractivity contribution in [2.75, 3.05) is 12.0 Å². The first-order valence-corrected chi connectivity index (χ1v) is 10.2. The number of rotatable bonds is 7. The summed E-state index contributed by atoms with van der Waals surface area (Å²) >= 11 is 1.45. The Balaban J connectivity index is 1.54. The van der Waals surface area contributed by atoms with Gasteiger partial charge in [-0.25, -0.2) is 14.5 Å². The summed E-state index contributed by atoms with van der Waals surface area (Å²) in [5.74, 6) is -0.491. The van der Waals surface area contributed by atoms with E-state index in [2.05, 4.69) is 20.6 Å². The number of carbonyl (C=O) groups is 1. The largest absolute Gasteiger partial charge is 0.461 e. The van der Waals surface area contributed by atoms with E-state index in [1.54, 1.807) is 24.0 Å². The average molecular weight is 417 g/mol. The highest BCUT2D eigenvalue weighted by molar-refractivity contribution is 7.14. The van der Waals surface area contributed by atoms with Crippen LogP contribution in [0.25, 0.3) is 16.9 Å². The van der Waals surface area contributed by atoms with Gasteiger partial charge in [-0.2, -0.15) is 10.2 Å². The van der Waals surface area contributed by atoms with Crippen LogP contribution < -0.4 is 5.43 Å². The Kier molecular flexibility index (Phi) is 5.95. The lowest BCUT2D eigenvalue weighted by atomic mass is 10.2. The molecule has 30 heavy (non-hydrogen) atoms. The number of nitrogens with zero attached hydrogens (tertiary/aromatic N) is 4. The molecule has 7 nitrogen and oxygen atoms in total. The molecule has 0 spiro atoms. The number of thiazole rings is 1. The summed E-state index contributed by atoms with van der Waals surface area (Å²) < 4.78 is 6.76. The number of nitrogens with one attached hydrogen (secondary N) is 1. The highest BCUT2D eigenvalue weighted by Crippen LogP contribution is 2.24. The number of esters is 1. The van der Waals surface area contributed by atoms with Crippen molar-refractivity contribution in [1.29, 1.82) is 0 Å². The van der Waals surface area contributed by atoms with Gasteiger partial charge in [0.05, 0.1) is 24.2 Å². The Bertz CT molecular complexity index is 1150. The van der Waals surface area contributed by atoms with Gasteiger partial charge in [0.2, 0.25) is 5.13 Å². The second kappa shape index (κ2) is 9.15. The van der Waals surface area contributed by atoms with E-state index >= 15 is 0 Å². The summed E-state index contributed by atoms with van der Waals surface area (Å²) in [7, 11) is 0. The third kappa shape index (κ3) is 4.44. The molecule has 2 aromatic carbocycles. The zero-order valence-corrected chi connectivity index (χ0v) is 17.0. The zero-order chi connectivity index (χ0) is 20.8. The number of hydrogen-bond donors (Lipinski definition) is 1. The highest BCUT2D eigenvalue weighted by Gasteiger charge is 2.17. The SMILES string of the molecule is CCOC(=O)c1nn(-c2ccccc2)cc1/C=N/Nc1nc(-c2ccccc2)cs1. The number of aromatic nitrogens is 3. The lowest BCUT2D eigenvalue weighted by Crippen LogP contribution is -2.08. The predicted octanol–water partition coefficient (Wildman–Crippen LogP) is 4.62. The average Bonchev–Trinajstić information content (AvgIpc) is 3.43. The molecule has 1 N–H and O–H groups in total. The van der Waals surface area contributed by atoms with Crippen LogP contribution in [0.5, 0.6) is 0 Å². The molecule has 0 amide bonds. The van der Waals surface area contributed by atoms with E-state index in [-0.39, 0.29) is 12.3 Å². The van der Waals surface area contributed by atoms with Gasteiger partial charge in [-0.3, -0.25) is 5.43 Å². The second-order valence-corrected chi connectivity index (χ2v) is 7.07. The van der Waals surface area contributed by atoms with Crippen LogP contribution in [0.2, 0.25) is 0 Å². The molecule has 0 saturated heterocycles. The molecule has 0 aliphatic rings. The third-order valence-corrected chi connectivity index (χ3v) is 4.92. The standard InChI is InChI=1S/C22H19N5O2S/c1-2-29-21(28)20-17(14-27(26-20)18-11-7-4-8-12-18)13-23-25-22-24-19(15-30-22)16-9-5-3-6-10-16/h3-15H,2H2,1H3,(H,24,25)/b23-13+. The van der Waals surface area contributed by atoms with Gasteiger partial charge in [-0.05, 0) is 19.1 Å². The Morgan fingerprint density at radius 2 is 1.90 bits per heavy atom. The quantitative estimate of drug-likeness (QED) is 0.270. The van der Waals surface area contributed by atoms with E-state index in [4.69, 9.17) is 4.74 Å². The fourth-order valence-electron chi connectivity index (χ4n) is 2.78. The molecule has 2 heterocycles. The van der Waals surface area contributed by atoms with Crippen molar-refractivity contribution in [3.8, 4) is 16.9 Å². The van der Waals surface area contributed by atoms with E-state index < -0.39 is 5.97 Å². The summed E-state index contributed by atoms with van der Waals surface area (Å²) in [5.41, 5.74) is 6.42. The van der Waals surface area contributed by atoms with Crippen molar-refractivity contribution in [3.05, 3.63) is 83.5 Å². The second-order valence-electron chi connectivity index (χ2n) is 6.21. The van der Waals surface area contributed by atoms with Crippen molar-refractivity contribution >= 4 is 28.7 Å². The molecule has 0 aliphatic heterocycles. The zero-order valence-electron chi connectivity index (χ0n) is 16.2. The van der Waals surface area contributed by atoms with Crippen LogP contribution >= 0.6 is 11.3 Å². The van der Waals surface area contributed by atoms with Crippen LogP contribution in [0, 0.1) is 0 Å². The number of para-hydroxylation sites is 1.